The first-order valence-electron chi connectivity index (χ1n) is 12.3. The molecule has 14 heteroatoms. The van der Waals surface area contributed by atoms with Crippen LogP contribution in [0.2, 0.25) is 0 Å². The molecule has 0 aliphatic carbocycles. The Hall–Kier alpha value is -3.31. The fourth-order valence-electron chi connectivity index (χ4n) is 4.48. The van der Waals surface area contributed by atoms with E-state index in [1.165, 1.54) is 36.4 Å². The molecule has 0 unspecified atom stereocenters. The van der Waals surface area contributed by atoms with E-state index in [-0.39, 0.29) is 34.8 Å². The van der Waals surface area contributed by atoms with Crippen molar-refractivity contribution in [3.05, 3.63) is 52.7 Å². The molecule has 14 nitrogen and oxygen atoms in total. The molecule has 8 N–H and O–H groups in total. The van der Waals surface area contributed by atoms with Crippen molar-refractivity contribution in [2.45, 2.75) is 55.3 Å². The Balaban J connectivity index is 1.35. The summed E-state index contributed by atoms with van der Waals surface area (Å²) in [5.41, 5.74) is -0.147. The van der Waals surface area contributed by atoms with Gasteiger partial charge in [-0.3, -0.25) is 4.79 Å². The van der Waals surface area contributed by atoms with Crippen molar-refractivity contribution in [2.24, 2.45) is 0 Å². The standard InChI is InChI=1S/C26H28O14/c27-11-3-1-10(2-4-11)16-7-14(29)19-13(28)5-12(6-17(19)39-16)38-26-24(35)22(33)21(32)18(40-26)9-37-25-23(34)20(31)15(30)8-36-25/h1-7,15,18,20-28,30-35H,8-9H2/t15-,18-,20-,21-,22+,23+,24-,25+,26-/m1/s1. The van der Waals surface area contributed by atoms with Crippen LogP contribution in [0.5, 0.6) is 17.2 Å². The van der Waals surface area contributed by atoms with Crippen molar-refractivity contribution in [3.63, 3.8) is 0 Å². The molecule has 3 aromatic rings. The summed E-state index contributed by atoms with van der Waals surface area (Å²) in [6.07, 6.45) is -13.9. The second kappa shape index (κ2) is 11.3. The summed E-state index contributed by atoms with van der Waals surface area (Å²) < 4.78 is 27.5. The number of ether oxygens (including phenoxy) is 4. The summed E-state index contributed by atoms with van der Waals surface area (Å²) >= 11 is 0. The molecule has 0 saturated carbocycles. The molecule has 0 radical (unpaired) electrons. The van der Waals surface area contributed by atoms with Gasteiger partial charge in [0.1, 0.15) is 76.7 Å². The van der Waals surface area contributed by atoms with E-state index >= 15 is 0 Å². The minimum Gasteiger partial charge on any atom is -0.508 e. The number of benzene rings is 2. The van der Waals surface area contributed by atoms with Crippen molar-refractivity contribution in [1.29, 1.82) is 0 Å². The number of hydrogen-bond donors (Lipinski definition) is 8. The second-order valence-corrected chi connectivity index (χ2v) is 9.55. The third kappa shape index (κ3) is 5.49. The van der Waals surface area contributed by atoms with Crippen LogP contribution in [0, 0.1) is 0 Å². The number of rotatable bonds is 6. The van der Waals surface area contributed by atoms with Crippen LogP contribution < -0.4 is 10.2 Å². The Labute approximate surface area is 225 Å². The van der Waals surface area contributed by atoms with Crippen LogP contribution in [-0.4, -0.2) is 109 Å². The number of phenolic OH excluding ortho intramolecular Hbond substituents is 2. The summed E-state index contributed by atoms with van der Waals surface area (Å²) in [6, 6.07) is 9.39. The van der Waals surface area contributed by atoms with Gasteiger partial charge in [0.05, 0.1) is 13.2 Å². The van der Waals surface area contributed by atoms with E-state index in [1.54, 1.807) is 0 Å². The minimum atomic E-state index is -1.76. The van der Waals surface area contributed by atoms with Gasteiger partial charge in [-0.15, -0.1) is 0 Å². The van der Waals surface area contributed by atoms with Gasteiger partial charge in [0.25, 0.3) is 0 Å². The van der Waals surface area contributed by atoms with E-state index in [0.717, 1.165) is 6.07 Å². The zero-order valence-electron chi connectivity index (χ0n) is 20.7. The van der Waals surface area contributed by atoms with Gasteiger partial charge in [0, 0.05) is 23.8 Å². The molecule has 0 spiro atoms. The number of aliphatic hydroxyl groups excluding tert-OH is 6. The van der Waals surface area contributed by atoms with Crippen LogP contribution in [0.1, 0.15) is 0 Å². The Morgan fingerprint density at radius 3 is 2.25 bits per heavy atom. The lowest BCUT2D eigenvalue weighted by Crippen LogP contribution is -2.61. The normalized spacial score (nSPS) is 32.7. The Kier molecular flexibility index (Phi) is 7.96. The van der Waals surface area contributed by atoms with Crippen LogP contribution in [0.4, 0.5) is 0 Å². The summed E-state index contributed by atoms with van der Waals surface area (Å²) in [7, 11) is 0. The molecule has 216 valence electrons. The number of phenols is 2. The molecule has 2 saturated heterocycles. The maximum atomic E-state index is 12.7. The maximum Gasteiger partial charge on any atom is 0.229 e. The molecule has 40 heavy (non-hydrogen) atoms. The highest BCUT2D eigenvalue weighted by Crippen LogP contribution is 2.33. The predicted octanol–water partition coefficient (Wildman–Crippen LogP) is -1.49. The molecule has 9 atom stereocenters. The zero-order chi connectivity index (χ0) is 28.7. The quantitative estimate of drug-likeness (QED) is 0.171. The molecule has 0 amide bonds. The van der Waals surface area contributed by atoms with E-state index in [4.69, 9.17) is 23.4 Å². The number of aromatic hydroxyl groups is 2. The van der Waals surface area contributed by atoms with Crippen LogP contribution in [0.25, 0.3) is 22.3 Å². The highest BCUT2D eigenvalue weighted by molar-refractivity contribution is 5.86. The Morgan fingerprint density at radius 1 is 0.825 bits per heavy atom. The number of aliphatic hydroxyl groups is 6. The van der Waals surface area contributed by atoms with Gasteiger partial charge in [-0.25, -0.2) is 0 Å². The van der Waals surface area contributed by atoms with Crippen LogP contribution >= 0.6 is 0 Å². The van der Waals surface area contributed by atoms with Crippen LogP contribution in [0.3, 0.4) is 0 Å². The average molecular weight is 564 g/mol. The average Bonchev–Trinajstić information content (AvgIpc) is 2.92. The van der Waals surface area contributed by atoms with Gasteiger partial charge in [-0.2, -0.15) is 0 Å². The predicted molar refractivity (Wildman–Crippen MR) is 132 cm³/mol. The first-order chi connectivity index (χ1) is 19.0. The molecule has 2 aliphatic heterocycles. The lowest BCUT2D eigenvalue weighted by molar-refractivity contribution is -0.307. The van der Waals surface area contributed by atoms with Gasteiger partial charge in [0.2, 0.25) is 6.29 Å². The first-order valence-corrected chi connectivity index (χ1v) is 12.3. The summed E-state index contributed by atoms with van der Waals surface area (Å²) in [6.45, 7) is -0.802. The maximum absolute atomic E-state index is 12.7. The molecular formula is C26H28O14. The van der Waals surface area contributed by atoms with Crippen LogP contribution in [-0.2, 0) is 14.2 Å². The van der Waals surface area contributed by atoms with E-state index in [0.29, 0.717) is 5.56 Å². The SMILES string of the molecule is O=c1cc(-c2ccc(O)cc2)oc2cc(O[C@@H]3O[C@H](CO[C@@H]4OC[C@@H](O)[C@@H](O)[C@@H]4O)[C@@H](O)[C@H](O)[C@H]3O)cc(O)c12. The smallest absolute Gasteiger partial charge is 0.229 e. The summed E-state index contributed by atoms with van der Waals surface area (Å²) in [5.74, 6) is -0.454. The highest BCUT2D eigenvalue weighted by Gasteiger charge is 2.46. The minimum absolute atomic E-state index is 0.0149. The lowest BCUT2D eigenvalue weighted by atomic mass is 9.99. The fraction of sp³-hybridized carbons (Fsp3) is 0.423. The fourth-order valence-corrected chi connectivity index (χ4v) is 4.48. The largest absolute Gasteiger partial charge is 0.508 e. The van der Waals surface area contributed by atoms with E-state index < -0.39 is 73.1 Å². The molecule has 5 rings (SSSR count). The van der Waals surface area contributed by atoms with Crippen molar-refractivity contribution in [1.82, 2.24) is 0 Å². The molecule has 3 heterocycles. The molecule has 1 aromatic heterocycles. The van der Waals surface area contributed by atoms with Gasteiger partial charge < -0.3 is 64.2 Å². The third-order valence-electron chi connectivity index (χ3n) is 6.73. The lowest BCUT2D eigenvalue weighted by Gasteiger charge is -2.41. The summed E-state index contributed by atoms with van der Waals surface area (Å²) in [4.78, 5) is 12.7. The van der Waals surface area contributed by atoms with Gasteiger partial charge in [-0.1, -0.05) is 0 Å². The molecule has 0 bridgehead atoms. The van der Waals surface area contributed by atoms with Crippen molar-refractivity contribution in [2.75, 3.05) is 13.2 Å². The first kappa shape index (κ1) is 28.2. The Morgan fingerprint density at radius 2 is 1.52 bits per heavy atom. The highest BCUT2D eigenvalue weighted by atomic mass is 16.7. The van der Waals surface area contributed by atoms with Crippen molar-refractivity contribution < 1.29 is 64.2 Å². The summed E-state index contributed by atoms with van der Waals surface area (Å²) in [5, 5.41) is 80.5. The van der Waals surface area contributed by atoms with Crippen molar-refractivity contribution in [3.8, 4) is 28.6 Å². The van der Waals surface area contributed by atoms with E-state index in [9.17, 15) is 45.6 Å². The molecule has 2 aromatic carbocycles. The second-order valence-electron chi connectivity index (χ2n) is 9.55. The molecular weight excluding hydrogens is 536 g/mol. The van der Waals surface area contributed by atoms with Crippen molar-refractivity contribution >= 4 is 11.0 Å². The van der Waals surface area contributed by atoms with E-state index in [2.05, 4.69) is 0 Å². The molecule has 2 fully saturated rings. The Bertz CT molecular complexity index is 1390. The number of fused-ring (bicyclic) bond motifs is 1. The molecule has 2 aliphatic rings. The van der Waals surface area contributed by atoms with Gasteiger partial charge >= 0.3 is 0 Å². The van der Waals surface area contributed by atoms with Crippen LogP contribution in [0.15, 0.2) is 51.7 Å². The monoisotopic (exact) mass is 564 g/mol. The van der Waals surface area contributed by atoms with Gasteiger partial charge in [-0.05, 0) is 24.3 Å². The zero-order valence-corrected chi connectivity index (χ0v) is 20.7. The number of hydrogen-bond acceptors (Lipinski definition) is 14. The topological polar surface area (TPSA) is 229 Å². The third-order valence-corrected chi connectivity index (χ3v) is 6.73. The van der Waals surface area contributed by atoms with Gasteiger partial charge in [0.15, 0.2) is 11.7 Å². The van der Waals surface area contributed by atoms with E-state index in [1.807, 2.05) is 0 Å².